The van der Waals surface area contributed by atoms with Crippen LogP contribution in [0, 0.1) is 13.8 Å². The molecule has 1 amide bonds. The number of carbonyl (C=O) groups excluding carboxylic acids is 1. The number of benzene rings is 1. The van der Waals surface area contributed by atoms with Gasteiger partial charge in [-0.2, -0.15) is 0 Å². The monoisotopic (exact) mass is 325 g/mol. The Morgan fingerprint density at radius 1 is 1.19 bits per heavy atom. The van der Waals surface area contributed by atoms with Crippen molar-refractivity contribution in [3.8, 4) is 0 Å². The summed E-state index contributed by atoms with van der Waals surface area (Å²) in [5.41, 5.74) is 1.25. The quantitative estimate of drug-likeness (QED) is 0.899. The second-order valence-electron chi connectivity index (χ2n) is 4.35. The molecule has 0 aliphatic heterocycles. The van der Waals surface area contributed by atoms with Crippen LogP contribution in [0.5, 0.6) is 0 Å². The molecule has 0 saturated heterocycles. The first kappa shape index (κ1) is 15.6. The van der Waals surface area contributed by atoms with Crippen molar-refractivity contribution in [2.45, 2.75) is 18.7 Å². The Bertz CT molecular complexity index is 745. The zero-order valence-corrected chi connectivity index (χ0v) is 13.4. The van der Waals surface area contributed by atoms with Crippen LogP contribution in [0.15, 0.2) is 29.2 Å². The van der Waals surface area contributed by atoms with E-state index in [0.717, 1.165) is 10.6 Å². The van der Waals surface area contributed by atoms with E-state index in [1.165, 1.54) is 42.6 Å². The van der Waals surface area contributed by atoms with Crippen molar-refractivity contribution in [1.82, 2.24) is 9.71 Å². The molecule has 0 bridgehead atoms. The number of nitrogens with one attached hydrogen (secondary N) is 2. The molecule has 2 rings (SSSR count). The number of amides is 1. The average Bonchev–Trinajstić information content (AvgIpc) is 2.77. The molecule has 21 heavy (non-hydrogen) atoms. The molecule has 112 valence electrons. The summed E-state index contributed by atoms with van der Waals surface area (Å²) in [6.07, 6.45) is 0. The fourth-order valence-corrected chi connectivity index (χ4v) is 3.14. The predicted octanol–water partition coefficient (Wildman–Crippen LogP) is 1.92. The van der Waals surface area contributed by atoms with Crippen LogP contribution in [0.1, 0.15) is 20.9 Å². The van der Waals surface area contributed by atoms with E-state index in [2.05, 4.69) is 15.0 Å². The zero-order valence-electron chi connectivity index (χ0n) is 11.8. The number of carbonyl (C=O) groups is 1. The van der Waals surface area contributed by atoms with Gasteiger partial charge in [0.05, 0.1) is 10.6 Å². The summed E-state index contributed by atoms with van der Waals surface area (Å²) >= 11 is 1.40. The van der Waals surface area contributed by atoms with Crippen LogP contribution in [-0.2, 0) is 10.0 Å². The Balaban J connectivity index is 2.17. The number of nitrogens with zero attached hydrogens (tertiary/aromatic N) is 1. The number of sulfonamides is 1. The Labute approximate surface area is 127 Å². The highest BCUT2D eigenvalue weighted by atomic mass is 32.2. The third-order valence-electron chi connectivity index (χ3n) is 2.94. The lowest BCUT2D eigenvalue weighted by atomic mass is 10.2. The van der Waals surface area contributed by atoms with E-state index in [4.69, 9.17) is 0 Å². The largest absolute Gasteiger partial charge is 0.298 e. The number of hydrogen-bond acceptors (Lipinski definition) is 5. The van der Waals surface area contributed by atoms with E-state index in [0.29, 0.717) is 10.7 Å². The molecule has 0 spiro atoms. The smallest absolute Gasteiger partial charge is 0.257 e. The number of anilines is 1. The normalized spacial score (nSPS) is 11.4. The van der Waals surface area contributed by atoms with Crippen LogP contribution >= 0.6 is 11.3 Å². The Kier molecular flexibility index (Phi) is 4.40. The van der Waals surface area contributed by atoms with Gasteiger partial charge in [-0.25, -0.2) is 18.1 Å². The second kappa shape index (κ2) is 5.92. The van der Waals surface area contributed by atoms with Gasteiger partial charge in [0, 0.05) is 10.4 Å². The minimum atomic E-state index is -3.49. The van der Waals surface area contributed by atoms with E-state index in [1.54, 1.807) is 0 Å². The first-order valence-corrected chi connectivity index (χ1v) is 8.42. The third kappa shape index (κ3) is 3.46. The van der Waals surface area contributed by atoms with Crippen molar-refractivity contribution in [3.63, 3.8) is 0 Å². The third-order valence-corrected chi connectivity index (χ3v) is 5.36. The van der Waals surface area contributed by atoms with Gasteiger partial charge in [-0.15, -0.1) is 11.3 Å². The van der Waals surface area contributed by atoms with Crippen molar-refractivity contribution in [2.24, 2.45) is 0 Å². The van der Waals surface area contributed by atoms with E-state index in [1.807, 2.05) is 13.8 Å². The molecule has 0 atom stereocenters. The van der Waals surface area contributed by atoms with Crippen LogP contribution in [0.3, 0.4) is 0 Å². The van der Waals surface area contributed by atoms with Crippen LogP contribution in [0.2, 0.25) is 0 Å². The minimum Gasteiger partial charge on any atom is -0.298 e. The SMILES string of the molecule is CNS(=O)(=O)c1ccc(C(=O)Nc2nc(C)c(C)s2)cc1. The molecule has 1 heterocycles. The predicted molar refractivity (Wildman–Crippen MR) is 82.2 cm³/mol. The van der Waals surface area contributed by atoms with Gasteiger partial charge in [-0.05, 0) is 45.2 Å². The van der Waals surface area contributed by atoms with Gasteiger partial charge in [-0.1, -0.05) is 0 Å². The zero-order chi connectivity index (χ0) is 15.6. The van der Waals surface area contributed by atoms with Crippen molar-refractivity contribution < 1.29 is 13.2 Å². The summed E-state index contributed by atoms with van der Waals surface area (Å²) in [6.45, 7) is 3.80. The topological polar surface area (TPSA) is 88.2 Å². The maximum absolute atomic E-state index is 12.1. The van der Waals surface area contributed by atoms with Gasteiger partial charge in [-0.3, -0.25) is 10.1 Å². The van der Waals surface area contributed by atoms with Gasteiger partial charge in [0.2, 0.25) is 10.0 Å². The van der Waals surface area contributed by atoms with Crippen LogP contribution < -0.4 is 10.0 Å². The Hall–Kier alpha value is -1.77. The molecule has 0 saturated carbocycles. The molecule has 0 aliphatic rings. The number of aromatic nitrogens is 1. The van der Waals surface area contributed by atoms with Crippen molar-refractivity contribution in [3.05, 3.63) is 40.4 Å². The second-order valence-corrected chi connectivity index (χ2v) is 7.44. The van der Waals surface area contributed by atoms with E-state index in [9.17, 15) is 13.2 Å². The van der Waals surface area contributed by atoms with Crippen molar-refractivity contribution in [1.29, 1.82) is 0 Å². The highest BCUT2D eigenvalue weighted by molar-refractivity contribution is 7.89. The highest BCUT2D eigenvalue weighted by Gasteiger charge is 2.14. The van der Waals surface area contributed by atoms with E-state index >= 15 is 0 Å². The molecule has 2 N–H and O–H groups in total. The molecule has 0 radical (unpaired) electrons. The first-order valence-electron chi connectivity index (χ1n) is 6.12. The van der Waals surface area contributed by atoms with Gasteiger partial charge < -0.3 is 0 Å². The number of rotatable bonds is 4. The summed E-state index contributed by atoms with van der Waals surface area (Å²) < 4.78 is 25.4. The van der Waals surface area contributed by atoms with Gasteiger partial charge >= 0.3 is 0 Å². The number of hydrogen-bond donors (Lipinski definition) is 2. The van der Waals surface area contributed by atoms with Crippen LogP contribution in [0.4, 0.5) is 5.13 Å². The maximum atomic E-state index is 12.1. The minimum absolute atomic E-state index is 0.113. The van der Waals surface area contributed by atoms with Gasteiger partial charge in [0.25, 0.3) is 5.91 Å². The molecule has 1 aromatic heterocycles. The standard InChI is InChI=1S/C13H15N3O3S2/c1-8-9(2)20-13(15-8)16-12(17)10-4-6-11(7-5-10)21(18,19)14-3/h4-7,14H,1-3H3,(H,15,16,17). The fourth-order valence-electron chi connectivity index (χ4n) is 1.60. The highest BCUT2D eigenvalue weighted by Crippen LogP contribution is 2.21. The molecule has 0 aliphatic carbocycles. The Morgan fingerprint density at radius 3 is 2.29 bits per heavy atom. The molecular formula is C13H15N3O3S2. The molecule has 0 fully saturated rings. The molecule has 1 aromatic carbocycles. The molecule has 6 nitrogen and oxygen atoms in total. The summed E-state index contributed by atoms with van der Waals surface area (Å²) in [4.78, 5) is 17.4. The molecular weight excluding hydrogens is 310 g/mol. The van der Waals surface area contributed by atoms with E-state index < -0.39 is 10.0 Å². The lowest BCUT2D eigenvalue weighted by Gasteiger charge is -2.04. The fraction of sp³-hybridized carbons (Fsp3) is 0.231. The van der Waals surface area contributed by atoms with E-state index in [-0.39, 0.29) is 10.8 Å². The lowest BCUT2D eigenvalue weighted by Crippen LogP contribution is -2.19. The first-order chi connectivity index (χ1) is 9.83. The van der Waals surface area contributed by atoms with Gasteiger partial charge in [0.1, 0.15) is 0 Å². The van der Waals surface area contributed by atoms with Crippen molar-refractivity contribution >= 4 is 32.4 Å². The summed E-state index contributed by atoms with van der Waals surface area (Å²) in [7, 11) is -2.16. The number of thiazole rings is 1. The molecule has 0 unspecified atom stereocenters. The van der Waals surface area contributed by atoms with Crippen LogP contribution in [0.25, 0.3) is 0 Å². The lowest BCUT2D eigenvalue weighted by molar-refractivity contribution is 0.102. The average molecular weight is 325 g/mol. The van der Waals surface area contributed by atoms with Crippen molar-refractivity contribution in [2.75, 3.05) is 12.4 Å². The molecule has 8 heteroatoms. The molecule has 2 aromatic rings. The maximum Gasteiger partial charge on any atom is 0.257 e. The van der Waals surface area contributed by atoms with Crippen LogP contribution in [-0.4, -0.2) is 26.4 Å². The van der Waals surface area contributed by atoms with Gasteiger partial charge in [0.15, 0.2) is 5.13 Å². The summed E-state index contributed by atoms with van der Waals surface area (Å²) in [5.74, 6) is -0.322. The number of aryl methyl sites for hydroxylation is 2. The summed E-state index contributed by atoms with van der Waals surface area (Å²) in [5, 5.41) is 3.23. The summed E-state index contributed by atoms with van der Waals surface area (Å²) in [6, 6.07) is 5.71. The Morgan fingerprint density at radius 2 is 1.81 bits per heavy atom.